The fraction of sp³-hybridized carbons (Fsp3) is 0.438. The SMILES string of the molecule is O=C(O)CCCNC(=O)CN1C(=O)C2(CC2)c2cc(Br)ccc21. The molecule has 0 radical (unpaired) electrons. The maximum atomic E-state index is 12.7. The number of amides is 2. The van der Waals surface area contributed by atoms with Gasteiger partial charge in [-0.3, -0.25) is 14.4 Å². The first-order chi connectivity index (χ1) is 10.9. The van der Waals surface area contributed by atoms with Crippen LogP contribution in [-0.4, -0.2) is 36.0 Å². The Morgan fingerprint density at radius 3 is 2.74 bits per heavy atom. The van der Waals surface area contributed by atoms with Crippen LogP contribution in [0.15, 0.2) is 22.7 Å². The van der Waals surface area contributed by atoms with Crippen LogP contribution < -0.4 is 10.2 Å². The zero-order chi connectivity index (χ0) is 16.6. The standard InChI is InChI=1S/C16H17BrN2O4/c17-10-3-4-12-11(8-10)16(5-6-16)15(23)19(12)9-13(20)18-7-1-2-14(21)22/h3-4,8H,1-2,5-7,9H2,(H,18,20)(H,21,22). The number of aliphatic carboxylic acids is 1. The summed E-state index contributed by atoms with van der Waals surface area (Å²) in [5, 5.41) is 11.2. The van der Waals surface area contributed by atoms with Crippen LogP contribution in [-0.2, 0) is 19.8 Å². The molecule has 1 heterocycles. The zero-order valence-corrected chi connectivity index (χ0v) is 14.1. The summed E-state index contributed by atoms with van der Waals surface area (Å²) in [5.41, 5.74) is 1.37. The molecule has 23 heavy (non-hydrogen) atoms. The highest BCUT2D eigenvalue weighted by Crippen LogP contribution is 2.57. The number of halogens is 1. The van der Waals surface area contributed by atoms with Crippen LogP contribution in [0.25, 0.3) is 0 Å². The molecular formula is C16H17BrN2O4. The number of carboxylic acid groups (broad SMARTS) is 1. The quantitative estimate of drug-likeness (QED) is 0.736. The minimum atomic E-state index is -0.885. The summed E-state index contributed by atoms with van der Waals surface area (Å²) in [6.07, 6.45) is 2.05. The van der Waals surface area contributed by atoms with E-state index in [-0.39, 0.29) is 24.8 Å². The van der Waals surface area contributed by atoms with Gasteiger partial charge in [-0.15, -0.1) is 0 Å². The largest absolute Gasteiger partial charge is 0.481 e. The molecule has 0 bridgehead atoms. The highest BCUT2D eigenvalue weighted by atomic mass is 79.9. The smallest absolute Gasteiger partial charge is 0.303 e. The Morgan fingerprint density at radius 2 is 2.09 bits per heavy atom. The third-order valence-corrected chi connectivity index (χ3v) is 4.85. The molecule has 1 aromatic carbocycles. The molecule has 1 saturated carbocycles. The number of nitrogens with zero attached hydrogens (tertiary/aromatic N) is 1. The van der Waals surface area contributed by atoms with E-state index in [1.807, 2.05) is 18.2 Å². The van der Waals surface area contributed by atoms with Crippen molar-refractivity contribution in [2.24, 2.45) is 0 Å². The lowest BCUT2D eigenvalue weighted by Crippen LogP contribution is -2.41. The van der Waals surface area contributed by atoms with Crippen molar-refractivity contribution in [1.82, 2.24) is 5.32 Å². The third-order valence-electron chi connectivity index (χ3n) is 4.36. The van der Waals surface area contributed by atoms with Gasteiger partial charge in [0, 0.05) is 23.1 Å². The molecule has 2 aliphatic rings. The van der Waals surface area contributed by atoms with Gasteiger partial charge >= 0.3 is 5.97 Å². The van der Waals surface area contributed by atoms with Crippen molar-refractivity contribution in [1.29, 1.82) is 0 Å². The summed E-state index contributed by atoms with van der Waals surface area (Å²) in [6.45, 7) is 0.272. The predicted octanol–water partition coefficient (Wildman–Crippen LogP) is 1.81. The van der Waals surface area contributed by atoms with E-state index in [0.29, 0.717) is 13.0 Å². The van der Waals surface area contributed by atoms with E-state index >= 15 is 0 Å². The Bertz CT molecular complexity index is 685. The first kappa shape index (κ1) is 16.0. The van der Waals surface area contributed by atoms with Crippen LogP contribution in [0, 0.1) is 0 Å². The average Bonchev–Trinajstić information content (AvgIpc) is 3.27. The highest BCUT2D eigenvalue weighted by molar-refractivity contribution is 9.10. The molecule has 1 aromatic rings. The van der Waals surface area contributed by atoms with Crippen molar-refractivity contribution in [3.05, 3.63) is 28.2 Å². The molecule has 0 atom stereocenters. The van der Waals surface area contributed by atoms with Crippen molar-refractivity contribution in [2.45, 2.75) is 31.1 Å². The fourth-order valence-electron chi connectivity index (χ4n) is 3.04. The fourth-order valence-corrected chi connectivity index (χ4v) is 3.40. The van der Waals surface area contributed by atoms with Crippen LogP contribution in [0.4, 0.5) is 5.69 Å². The van der Waals surface area contributed by atoms with E-state index in [4.69, 9.17) is 5.11 Å². The molecule has 0 aromatic heterocycles. The Balaban J connectivity index is 1.66. The Hall–Kier alpha value is -1.89. The third kappa shape index (κ3) is 2.97. The minimum absolute atomic E-state index is 0.00807. The van der Waals surface area contributed by atoms with Gasteiger partial charge in [-0.2, -0.15) is 0 Å². The lowest BCUT2D eigenvalue weighted by molar-refractivity contribution is -0.137. The van der Waals surface area contributed by atoms with Crippen LogP contribution in [0.3, 0.4) is 0 Å². The van der Waals surface area contributed by atoms with E-state index in [0.717, 1.165) is 28.6 Å². The second-order valence-corrected chi connectivity index (χ2v) is 6.90. The van der Waals surface area contributed by atoms with E-state index in [1.165, 1.54) is 0 Å². The van der Waals surface area contributed by atoms with Gasteiger partial charge in [0.15, 0.2) is 0 Å². The number of carbonyl (C=O) groups is 3. The number of carboxylic acids is 1. The topological polar surface area (TPSA) is 86.7 Å². The average molecular weight is 381 g/mol. The van der Waals surface area contributed by atoms with Gasteiger partial charge < -0.3 is 15.3 Å². The van der Waals surface area contributed by atoms with Crippen LogP contribution in [0.5, 0.6) is 0 Å². The van der Waals surface area contributed by atoms with Gasteiger partial charge in [-0.05, 0) is 43.0 Å². The van der Waals surface area contributed by atoms with E-state index in [2.05, 4.69) is 21.2 Å². The maximum Gasteiger partial charge on any atom is 0.303 e. The summed E-state index contributed by atoms with van der Waals surface area (Å²) in [6, 6.07) is 5.69. The van der Waals surface area contributed by atoms with Crippen LogP contribution >= 0.6 is 15.9 Å². The molecule has 122 valence electrons. The molecular weight excluding hydrogens is 364 g/mol. The Labute approximate surface area is 142 Å². The Kier molecular flexibility index (Phi) is 4.14. The number of carbonyl (C=O) groups excluding carboxylic acids is 2. The van der Waals surface area contributed by atoms with Crippen molar-refractivity contribution < 1.29 is 19.5 Å². The van der Waals surface area contributed by atoms with Crippen molar-refractivity contribution in [3.63, 3.8) is 0 Å². The van der Waals surface area contributed by atoms with E-state index in [9.17, 15) is 14.4 Å². The number of benzene rings is 1. The normalized spacial score (nSPS) is 17.3. The Morgan fingerprint density at radius 1 is 1.35 bits per heavy atom. The van der Waals surface area contributed by atoms with Gasteiger partial charge in [0.1, 0.15) is 6.54 Å². The number of fused-ring (bicyclic) bond motifs is 2. The lowest BCUT2D eigenvalue weighted by atomic mass is 9.98. The summed E-state index contributed by atoms with van der Waals surface area (Å²) in [5.74, 6) is -1.16. The van der Waals surface area contributed by atoms with Crippen molar-refractivity contribution >= 4 is 39.4 Å². The van der Waals surface area contributed by atoms with E-state index < -0.39 is 11.4 Å². The van der Waals surface area contributed by atoms with Gasteiger partial charge in [0.25, 0.3) is 0 Å². The number of nitrogens with one attached hydrogen (secondary N) is 1. The molecule has 1 spiro atoms. The molecule has 6 nitrogen and oxygen atoms in total. The summed E-state index contributed by atoms with van der Waals surface area (Å²) in [4.78, 5) is 36.7. The molecule has 1 aliphatic carbocycles. The highest BCUT2D eigenvalue weighted by Gasteiger charge is 2.59. The molecule has 1 fully saturated rings. The molecule has 2 amide bonds. The minimum Gasteiger partial charge on any atom is -0.481 e. The van der Waals surface area contributed by atoms with Gasteiger partial charge in [-0.25, -0.2) is 0 Å². The number of anilines is 1. The molecule has 1 aliphatic heterocycles. The number of rotatable bonds is 6. The molecule has 0 saturated heterocycles. The van der Waals surface area contributed by atoms with Gasteiger partial charge in [-0.1, -0.05) is 15.9 Å². The predicted molar refractivity (Wildman–Crippen MR) is 87.3 cm³/mol. The van der Waals surface area contributed by atoms with Crippen molar-refractivity contribution in [3.8, 4) is 0 Å². The lowest BCUT2D eigenvalue weighted by Gasteiger charge is -2.17. The maximum absolute atomic E-state index is 12.7. The second kappa shape index (κ2) is 5.96. The van der Waals surface area contributed by atoms with Gasteiger partial charge in [0.2, 0.25) is 11.8 Å². The van der Waals surface area contributed by atoms with Crippen LogP contribution in [0.2, 0.25) is 0 Å². The zero-order valence-electron chi connectivity index (χ0n) is 12.5. The number of hydrogen-bond acceptors (Lipinski definition) is 3. The first-order valence-corrected chi connectivity index (χ1v) is 8.34. The first-order valence-electron chi connectivity index (χ1n) is 7.54. The molecule has 2 N–H and O–H groups in total. The molecule has 7 heteroatoms. The van der Waals surface area contributed by atoms with Crippen molar-refractivity contribution in [2.75, 3.05) is 18.0 Å². The summed E-state index contributed by atoms with van der Waals surface area (Å²) in [7, 11) is 0. The molecule has 0 unspecified atom stereocenters. The second-order valence-electron chi connectivity index (χ2n) is 5.98. The van der Waals surface area contributed by atoms with Crippen LogP contribution in [0.1, 0.15) is 31.2 Å². The summed E-state index contributed by atoms with van der Waals surface area (Å²) < 4.78 is 0.926. The van der Waals surface area contributed by atoms with Gasteiger partial charge in [0.05, 0.1) is 5.41 Å². The van der Waals surface area contributed by atoms with E-state index in [1.54, 1.807) is 4.90 Å². The molecule has 3 rings (SSSR count). The number of hydrogen-bond donors (Lipinski definition) is 2. The summed E-state index contributed by atoms with van der Waals surface area (Å²) >= 11 is 3.43. The monoisotopic (exact) mass is 380 g/mol.